The van der Waals surface area contributed by atoms with Gasteiger partial charge in [-0.25, -0.2) is 0 Å². The van der Waals surface area contributed by atoms with Crippen LogP contribution in [-0.4, -0.2) is 25.1 Å². The number of nitrogens with zero attached hydrogens (tertiary/aromatic N) is 1. The summed E-state index contributed by atoms with van der Waals surface area (Å²) in [6, 6.07) is 10.9. The summed E-state index contributed by atoms with van der Waals surface area (Å²) in [5.74, 6) is 0. The second kappa shape index (κ2) is 23.4. The van der Waals surface area contributed by atoms with Gasteiger partial charge < -0.3 is 4.48 Å². The number of benzene rings is 1. The van der Waals surface area contributed by atoms with E-state index in [0.29, 0.717) is 0 Å². The number of hydrogen-bond donors (Lipinski definition) is 0. The van der Waals surface area contributed by atoms with Crippen LogP contribution in [-0.2, 0) is 19.5 Å². The van der Waals surface area contributed by atoms with E-state index in [9.17, 15) is 0 Å². The minimum atomic E-state index is -2.21. The van der Waals surface area contributed by atoms with Gasteiger partial charge >= 0.3 is 42.1 Å². The molecular formula is C27H50Cl3NZn. The van der Waals surface area contributed by atoms with Gasteiger partial charge in [-0.1, -0.05) is 127 Å². The van der Waals surface area contributed by atoms with E-state index in [4.69, 9.17) is 29.1 Å². The van der Waals surface area contributed by atoms with Crippen LogP contribution in [0.3, 0.4) is 0 Å². The van der Waals surface area contributed by atoms with E-state index in [1.165, 1.54) is 115 Å². The zero-order valence-corrected chi connectivity index (χ0v) is 26.6. The quantitative estimate of drug-likeness (QED) is 0.0897. The molecule has 0 heterocycles. The van der Waals surface area contributed by atoms with Crippen LogP contribution in [0.5, 0.6) is 0 Å². The zero-order chi connectivity index (χ0) is 23.9. The fourth-order valence-electron chi connectivity index (χ4n) is 4.24. The molecule has 0 saturated carbocycles. The molecule has 0 bridgehead atoms. The van der Waals surface area contributed by atoms with Crippen LogP contribution in [0.15, 0.2) is 30.3 Å². The predicted molar refractivity (Wildman–Crippen MR) is 144 cm³/mol. The van der Waals surface area contributed by atoms with Gasteiger partial charge in [-0.15, -0.1) is 0 Å². The van der Waals surface area contributed by atoms with Gasteiger partial charge in [-0.2, -0.15) is 0 Å². The van der Waals surface area contributed by atoms with E-state index in [1.54, 1.807) is 0 Å². The Balaban J connectivity index is 0.00000220. The average molecular weight is 560 g/mol. The third-order valence-electron chi connectivity index (χ3n) is 6.07. The Hall–Kier alpha value is 0.673. The van der Waals surface area contributed by atoms with Crippen LogP contribution in [0, 0.1) is 0 Å². The van der Waals surface area contributed by atoms with Gasteiger partial charge in [-0.05, 0) is 12.8 Å². The molecule has 1 nitrogen and oxygen atoms in total. The Morgan fingerprint density at radius 1 is 0.594 bits per heavy atom. The summed E-state index contributed by atoms with van der Waals surface area (Å²) < 4.78 is 1.11. The Labute approximate surface area is 218 Å². The molecule has 0 atom stereocenters. The van der Waals surface area contributed by atoms with Crippen LogP contribution < -0.4 is 0 Å². The van der Waals surface area contributed by atoms with Crippen molar-refractivity contribution in [1.29, 1.82) is 0 Å². The molecule has 1 rings (SSSR count). The molecule has 1 aromatic carbocycles. The molecular weight excluding hydrogens is 510 g/mol. The molecule has 1 aromatic rings. The van der Waals surface area contributed by atoms with Crippen molar-refractivity contribution in [3.63, 3.8) is 0 Å². The maximum absolute atomic E-state index is 5.01. The standard InChI is InChI=1S/C27H50N.3ClH.Zn/c1-4-5-6-7-8-9-10-11-12-13-14-15-16-17-18-22-25-28(2,3)26-27-23-20-19-21-24-27;;;;/h19-21,23-24H,4-18,22,25-26H2,1-3H3;3*1H;/q+1;;;;+2/p-3. The van der Waals surface area contributed by atoms with Crippen molar-refractivity contribution in [2.24, 2.45) is 0 Å². The number of halogens is 3. The van der Waals surface area contributed by atoms with Gasteiger partial charge in [0.1, 0.15) is 6.54 Å². The molecule has 0 aromatic heterocycles. The molecule has 0 aliphatic heterocycles. The van der Waals surface area contributed by atoms with Crippen molar-refractivity contribution >= 4 is 29.1 Å². The zero-order valence-electron chi connectivity index (χ0n) is 21.4. The van der Waals surface area contributed by atoms with Gasteiger partial charge in [0, 0.05) is 5.56 Å². The molecule has 0 aliphatic rings. The summed E-state index contributed by atoms with van der Waals surface area (Å²) in [5, 5.41) is 0. The summed E-state index contributed by atoms with van der Waals surface area (Å²) in [5.41, 5.74) is 1.46. The first-order chi connectivity index (χ1) is 15.4. The van der Waals surface area contributed by atoms with Crippen molar-refractivity contribution in [3.8, 4) is 0 Å². The minimum absolute atomic E-state index is 1.11. The van der Waals surface area contributed by atoms with E-state index in [1.807, 2.05) is 0 Å². The predicted octanol–water partition coefficient (Wildman–Crippen LogP) is 10.6. The topological polar surface area (TPSA) is 0 Å². The number of rotatable bonds is 19. The monoisotopic (exact) mass is 557 g/mol. The number of hydrogen-bond acceptors (Lipinski definition) is 0. The fraction of sp³-hybridized carbons (Fsp3) is 0.778. The maximum atomic E-state index is 5.01. The summed E-state index contributed by atoms with van der Waals surface area (Å²) in [6.07, 6.45) is 23.2. The molecule has 0 amide bonds. The Morgan fingerprint density at radius 2 is 0.938 bits per heavy atom. The first kappa shape index (κ1) is 32.7. The summed E-state index contributed by atoms with van der Waals surface area (Å²) in [6.45, 7) is 4.75. The molecule has 0 saturated heterocycles. The van der Waals surface area contributed by atoms with Crippen LogP contribution in [0.25, 0.3) is 0 Å². The molecule has 0 unspecified atom stereocenters. The molecule has 32 heavy (non-hydrogen) atoms. The van der Waals surface area contributed by atoms with Crippen molar-refractivity contribution < 1.29 is 17.5 Å². The summed E-state index contributed by atoms with van der Waals surface area (Å²) in [4.78, 5) is 0. The van der Waals surface area contributed by atoms with Gasteiger partial charge in [0.05, 0.1) is 20.6 Å². The number of quaternary nitrogens is 1. The van der Waals surface area contributed by atoms with Crippen molar-refractivity contribution in [2.45, 2.75) is 116 Å². The average Bonchev–Trinajstić information content (AvgIpc) is 2.73. The molecule has 0 radical (unpaired) electrons. The van der Waals surface area contributed by atoms with Crippen LogP contribution in [0.4, 0.5) is 0 Å². The van der Waals surface area contributed by atoms with Gasteiger partial charge in [0.15, 0.2) is 0 Å². The van der Waals surface area contributed by atoms with E-state index >= 15 is 0 Å². The van der Waals surface area contributed by atoms with Gasteiger partial charge in [0.25, 0.3) is 0 Å². The second-order valence-electron chi connectivity index (χ2n) is 9.91. The van der Waals surface area contributed by atoms with E-state index in [0.717, 1.165) is 11.0 Å². The van der Waals surface area contributed by atoms with Crippen molar-refractivity contribution in [2.75, 3.05) is 20.6 Å². The SMILES string of the molecule is CCCCCCCCCCCCCCCCCC[N+](C)(C)Cc1ccccc1.[Cl][Zn-]([Cl])[Cl]. The van der Waals surface area contributed by atoms with Gasteiger partial charge in [0.2, 0.25) is 0 Å². The Bertz CT molecular complexity index is 494. The Kier molecular flexibility index (Phi) is 23.9. The first-order valence-electron chi connectivity index (χ1n) is 13.3. The molecule has 0 N–H and O–H groups in total. The Morgan fingerprint density at radius 3 is 1.31 bits per heavy atom. The van der Waals surface area contributed by atoms with Gasteiger partial charge in [-0.3, -0.25) is 0 Å². The molecule has 5 heteroatoms. The molecule has 0 aliphatic carbocycles. The first-order valence-corrected chi connectivity index (χ1v) is 25.0. The molecule has 186 valence electrons. The second-order valence-corrected chi connectivity index (χ2v) is 23.8. The van der Waals surface area contributed by atoms with Crippen LogP contribution in [0.1, 0.15) is 115 Å². The number of unbranched alkanes of at least 4 members (excludes halogenated alkanes) is 15. The fourth-order valence-corrected chi connectivity index (χ4v) is 4.24. The van der Waals surface area contributed by atoms with E-state index < -0.39 is 13.0 Å². The van der Waals surface area contributed by atoms with E-state index in [-0.39, 0.29) is 0 Å². The third-order valence-corrected chi connectivity index (χ3v) is 6.07. The summed E-state index contributed by atoms with van der Waals surface area (Å²) >= 11 is -2.21. The van der Waals surface area contributed by atoms with Crippen LogP contribution >= 0.6 is 29.1 Å². The molecule has 0 spiro atoms. The van der Waals surface area contributed by atoms with Crippen molar-refractivity contribution in [1.82, 2.24) is 0 Å². The van der Waals surface area contributed by atoms with Crippen LogP contribution in [0.2, 0.25) is 0 Å². The molecule has 0 fully saturated rings. The van der Waals surface area contributed by atoms with Crippen molar-refractivity contribution in [3.05, 3.63) is 35.9 Å². The normalized spacial score (nSPS) is 11.2. The third kappa shape index (κ3) is 25.3. The summed E-state index contributed by atoms with van der Waals surface area (Å²) in [7, 11) is 19.8. The van der Waals surface area contributed by atoms with E-state index in [2.05, 4.69) is 51.4 Å².